The summed E-state index contributed by atoms with van der Waals surface area (Å²) in [5.41, 5.74) is 2.18. The Balaban J connectivity index is 1.58. The first-order chi connectivity index (χ1) is 13.4. The van der Waals surface area contributed by atoms with Gasteiger partial charge in [0, 0.05) is 30.1 Å². The molecule has 146 valence electrons. The van der Waals surface area contributed by atoms with E-state index in [4.69, 9.17) is 8.94 Å². The van der Waals surface area contributed by atoms with Gasteiger partial charge in [0.1, 0.15) is 0 Å². The molecule has 0 bridgehead atoms. The Morgan fingerprint density at radius 1 is 1.18 bits per heavy atom. The Morgan fingerprint density at radius 2 is 2.00 bits per heavy atom. The van der Waals surface area contributed by atoms with Crippen molar-refractivity contribution in [3.63, 3.8) is 0 Å². The minimum Gasteiger partial charge on any atom is -0.461 e. The van der Waals surface area contributed by atoms with Crippen LogP contribution in [0.15, 0.2) is 45.5 Å². The molecule has 0 saturated heterocycles. The van der Waals surface area contributed by atoms with Crippen LogP contribution in [0.5, 0.6) is 0 Å². The molecule has 1 aromatic carbocycles. The highest BCUT2D eigenvalue weighted by Crippen LogP contribution is 2.21. The third-order valence-corrected chi connectivity index (χ3v) is 4.08. The molecule has 0 radical (unpaired) electrons. The Bertz CT molecular complexity index is 961. The molecule has 2 heterocycles. The van der Waals surface area contributed by atoms with Gasteiger partial charge in [0.15, 0.2) is 5.76 Å². The summed E-state index contributed by atoms with van der Waals surface area (Å²) >= 11 is 0. The van der Waals surface area contributed by atoms with Crippen molar-refractivity contribution in [3.05, 3.63) is 48.0 Å². The van der Waals surface area contributed by atoms with Gasteiger partial charge in [-0.2, -0.15) is 4.98 Å². The second-order valence-corrected chi connectivity index (χ2v) is 6.71. The Labute approximate surface area is 162 Å². The average molecular weight is 382 g/mol. The maximum atomic E-state index is 12.3. The van der Waals surface area contributed by atoms with Crippen molar-refractivity contribution < 1.29 is 18.5 Å². The second-order valence-electron chi connectivity index (χ2n) is 6.71. The van der Waals surface area contributed by atoms with Gasteiger partial charge in [0.25, 0.3) is 0 Å². The maximum Gasteiger partial charge on any atom is 0.238 e. The highest BCUT2D eigenvalue weighted by Gasteiger charge is 2.14. The fourth-order valence-corrected chi connectivity index (χ4v) is 2.42. The van der Waals surface area contributed by atoms with Gasteiger partial charge in [-0.05, 0) is 36.8 Å². The fraction of sp³-hybridized carbons (Fsp3) is 0.300. The summed E-state index contributed by atoms with van der Waals surface area (Å²) in [7, 11) is 0. The third kappa shape index (κ3) is 4.85. The van der Waals surface area contributed by atoms with Gasteiger partial charge in [-0.3, -0.25) is 9.59 Å². The fourth-order valence-electron chi connectivity index (χ4n) is 2.42. The van der Waals surface area contributed by atoms with E-state index in [0.717, 1.165) is 5.56 Å². The largest absolute Gasteiger partial charge is 0.461 e. The van der Waals surface area contributed by atoms with E-state index in [-0.39, 0.29) is 24.2 Å². The number of carbonyl (C=O) groups excluding carboxylic acids is 2. The first-order valence-corrected chi connectivity index (χ1v) is 9.00. The van der Waals surface area contributed by atoms with Gasteiger partial charge in [-0.1, -0.05) is 25.1 Å². The molecule has 0 spiro atoms. The van der Waals surface area contributed by atoms with Crippen molar-refractivity contribution in [1.82, 2.24) is 10.1 Å². The van der Waals surface area contributed by atoms with Crippen LogP contribution in [0.25, 0.3) is 11.6 Å². The quantitative estimate of drug-likeness (QED) is 0.643. The molecule has 28 heavy (non-hydrogen) atoms. The smallest absolute Gasteiger partial charge is 0.238 e. The van der Waals surface area contributed by atoms with E-state index in [1.165, 1.54) is 6.26 Å². The number of anilines is 2. The third-order valence-electron chi connectivity index (χ3n) is 4.08. The van der Waals surface area contributed by atoms with E-state index in [1.807, 2.05) is 26.8 Å². The van der Waals surface area contributed by atoms with Crippen LogP contribution in [0.4, 0.5) is 11.4 Å². The van der Waals surface area contributed by atoms with Crippen molar-refractivity contribution in [2.45, 2.75) is 33.6 Å². The summed E-state index contributed by atoms with van der Waals surface area (Å²) in [6, 6.07) is 8.86. The molecule has 0 saturated carbocycles. The predicted octanol–water partition coefficient (Wildman–Crippen LogP) is 3.80. The molecule has 0 unspecified atom stereocenters. The molecule has 3 aromatic rings. The lowest BCUT2D eigenvalue weighted by molar-refractivity contribution is -0.119. The van der Waals surface area contributed by atoms with E-state index in [1.54, 1.807) is 24.3 Å². The van der Waals surface area contributed by atoms with Crippen LogP contribution < -0.4 is 10.6 Å². The zero-order valence-corrected chi connectivity index (χ0v) is 16.0. The topological polar surface area (TPSA) is 110 Å². The summed E-state index contributed by atoms with van der Waals surface area (Å²) in [6.45, 7) is 5.53. The Hall–Kier alpha value is -3.42. The lowest BCUT2D eigenvalue weighted by Gasteiger charge is -2.12. The number of amides is 2. The van der Waals surface area contributed by atoms with Gasteiger partial charge in [0.05, 0.1) is 6.26 Å². The van der Waals surface area contributed by atoms with Crippen molar-refractivity contribution in [2.24, 2.45) is 5.92 Å². The molecule has 0 aliphatic heterocycles. The molecule has 3 rings (SSSR count). The molecular formula is C20H22N4O4. The minimum atomic E-state index is -0.187. The first kappa shape index (κ1) is 19.3. The number of hydrogen-bond acceptors (Lipinski definition) is 6. The molecule has 2 amide bonds. The zero-order valence-electron chi connectivity index (χ0n) is 16.0. The van der Waals surface area contributed by atoms with Crippen LogP contribution >= 0.6 is 0 Å². The summed E-state index contributed by atoms with van der Waals surface area (Å²) in [5.74, 6) is 0.828. The summed E-state index contributed by atoms with van der Waals surface area (Å²) in [6.07, 6.45) is 2.02. The van der Waals surface area contributed by atoms with E-state index in [2.05, 4.69) is 20.8 Å². The SMILES string of the molecule is Cc1ccc(NC(=O)C(C)C)cc1NC(=O)CCc1nc(-c2ccco2)no1. The van der Waals surface area contributed by atoms with Crippen LogP contribution in [0.3, 0.4) is 0 Å². The van der Waals surface area contributed by atoms with E-state index < -0.39 is 0 Å². The van der Waals surface area contributed by atoms with Crippen LogP contribution in [-0.4, -0.2) is 22.0 Å². The molecule has 0 aliphatic carbocycles. The highest BCUT2D eigenvalue weighted by atomic mass is 16.5. The lowest BCUT2D eigenvalue weighted by Crippen LogP contribution is -2.18. The van der Waals surface area contributed by atoms with Crippen molar-refractivity contribution >= 4 is 23.2 Å². The van der Waals surface area contributed by atoms with Crippen LogP contribution in [0.1, 0.15) is 31.7 Å². The number of aromatic nitrogens is 2. The number of nitrogens with zero attached hydrogens (tertiary/aromatic N) is 2. The normalized spacial score (nSPS) is 10.9. The molecule has 2 aromatic heterocycles. The van der Waals surface area contributed by atoms with Gasteiger partial charge in [-0.15, -0.1) is 0 Å². The average Bonchev–Trinajstić information content (AvgIpc) is 3.34. The van der Waals surface area contributed by atoms with Gasteiger partial charge < -0.3 is 19.6 Å². The Kier molecular flexibility index (Phi) is 5.88. The molecule has 2 N–H and O–H groups in total. The van der Waals surface area contributed by atoms with E-state index >= 15 is 0 Å². The van der Waals surface area contributed by atoms with Crippen LogP contribution in [0, 0.1) is 12.8 Å². The maximum absolute atomic E-state index is 12.3. The monoisotopic (exact) mass is 382 g/mol. The molecule has 8 nitrogen and oxygen atoms in total. The van der Waals surface area contributed by atoms with Crippen molar-refractivity contribution in [2.75, 3.05) is 10.6 Å². The molecule has 8 heteroatoms. The van der Waals surface area contributed by atoms with E-state index in [0.29, 0.717) is 35.3 Å². The molecule has 0 atom stereocenters. The minimum absolute atomic E-state index is 0.0788. The zero-order chi connectivity index (χ0) is 20.1. The lowest BCUT2D eigenvalue weighted by atomic mass is 10.1. The number of benzene rings is 1. The number of rotatable bonds is 7. The van der Waals surface area contributed by atoms with Gasteiger partial charge in [0.2, 0.25) is 23.5 Å². The van der Waals surface area contributed by atoms with E-state index in [9.17, 15) is 9.59 Å². The Morgan fingerprint density at radius 3 is 2.71 bits per heavy atom. The number of nitrogens with one attached hydrogen (secondary N) is 2. The van der Waals surface area contributed by atoms with Crippen LogP contribution in [-0.2, 0) is 16.0 Å². The number of carbonyl (C=O) groups is 2. The standard InChI is InChI=1S/C20H22N4O4/c1-12(2)20(26)21-14-7-6-13(3)15(11-14)22-17(25)8-9-18-23-19(24-28-18)16-5-4-10-27-16/h4-7,10-12H,8-9H2,1-3H3,(H,21,26)(H,22,25). The molecular weight excluding hydrogens is 360 g/mol. The predicted molar refractivity (Wildman–Crippen MR) is 104 cm³/mol. The van der Waals surface area contributed by atoms with Crippen LogP contribution in [0.2, 0.25) is 0 Å². The van der Waals surface area contributed by atoms with Gasteiger partial charge >= 0.3 is 0 Å². The first-order valence-electron chi connectivity index (χ1n) is 9.00. The number of furan rings is 1. The number of aryl methyl sites for hydroxylation is 2. The van der Waals surface area contributed by atoms with Crippen molar-refractivity contribution in [1.29, 1.82) is 0 Å². The molecule has 0 aliphatic rings. The summed E-state index contributed by atoms with van der Waals surface area (Å²) < 4.78 is 10.4. The summed E-state index contributed by atoms with van der Waals surface area (Å²) in [5, 5.41) is 9.52. The second kappa shape index (κ2) is 8.51. The van der Waals surface area contributed by atoms with Gasteiger partial charge in [-0.25, -0.2) is 0 Å². The summed E-state index contributed by atoms with van der Waals surface area (Å²) in [4.78, 5) is 28.4. The number of hydrogen-bond donors (Lipinski definition) is 2. The molecule has 0 fully saturated rings. The highest BCUT2D eigenvalue weighted by molar-refractivity contribution is 5.95. The van der Waals surface area contributed by atoms with Crippen molar-refractivity contribution in [3.8, 4) is 11.6 Å².